The SMILES string of the molecule is CC1(C)c2ccccc2-c2cc3c(cc21)N(c1ccc2c(c1)[Si]1(c4ccccc4-c4ccccc41)c1ccccc1-2)c1ccccc1C31c2ccccc2C(C)(C)c2ccccc21. The summed E-state index contributed by atoms with van der Waals surface area (Å²) in [5, 5.41) is 6.00. The number of benzene rings is 9. The molecular weight excluding hydrogens is 775 g/mol. The lowest BCUT2D eigenvalue weighted by atomic mass is 9.53. The van der Waals surface area contributed by atoms with Gasteiger partial charge in [0, 0.05) is 16.5 Å². The van der Waals surface area contributed by atoms with E-state index in [9.17, 15) is 0 Å². The molecule has 0 aromatic heterocycles. The van der Waals surface area contributed by atoms with E-state index in [2.05, 4.69) is 233 Å². The summed E-state index contributed by atoms with van der Waals surface area (Å²) in [6.07, 6.45) is 0. The third kappa shape index (κ3) is 4.06. The molecule has 14 rings (SSSR count). The molecule has 0 atom stereocenters. The van der Waals surface area contributed by atoms with Gasteiger partial charge >= 0.3 is 0 Å². The Labute approximate surface area is 371 Å². The van der Waals surface area contributed by atoms with Gasteiger partial charge < -0.3 is 4.90 Å². The van der Waals surface area contributed by atoms with Gasteiger partial charge in [-0.15, -0.1) is 0 Å². The highest BCUT2D eigenvalue weighted by Gasteiger charge is 2.56. The van der Waals surface area contributed by atoms with E-state index in [1.165, 1.54) is 116 Å². The number of hydrogen-bond donors (Lipinski definition) is 0. The number of fused-ring (bicyclic) bond motifs is 21. The quantitative estimate of drug-likeness (QED) is 0.149. The van der Waals surface area contributed by atoms with Crippen LogP contribution in [0.5, 0.6) is 0 Å². The molecular formula is C61H45NSi. The van der Waals surface area contributed by atoms with Gasteiger partial charge in [0.25, 0.3) is 0 Å². The number of nitrogens with zero attached hydrogens (tertiary/aromatic N) is 1. The Balaban J connectivity index is 1.12. The van der Waals surface area contributed by atoms with E-state index in [0.29, 0.717) is 0 Å². The normalized spacial score (nSPS) is 17.0. The van der Waals surface area contributed by atoms with Crippen molar-refractivity contribution >= 4 is 45.9 Å². The summed E-state index contributed by atoms with van der Waals surface area (Å²) in [4.78, 5) is 2.65. The summed E-state index contributed by atoms with van der Waals surface area (Å²) >= 11 is 0. The smallest absolute Gasteiger partial charge is 0.182 e. The maximum atomic E-state index is 2.65. The number of anilines is 3. The first-order valence-electron chi connectivity index (χ1n) is 22.6. The second kappa shape index (κ2) is 11.9. The zero-order valence-corrected chi connectivity index (χ0v) is 37.0. The van der Waals surface area contributed by atoms with E-state index in [-0.39, 0.29) is 10.8 Å². The summed E-state index contributed by atoms with van der Waals surface area (Å²) in [5.74, 6) is 0. The van der Waals surface area contributed by atoms with Gasteiger partial charge in [-0.05, 0) is 129 Å². The predicted octanol–water partition coefficient (Wildman–Crippen LogP) is 12.1. The maximum absolute atomic E-state index is 2.69. The van der Waals surface area contributed by atoms with Gasteiger partial charge in [-0.3, -0.25) is 0 Å². The Morgan fingerprint density at radius 1 is 0.302 bits per heavy atom. The van der Waals surface area contributed by atoms with Gasteiger partial charge in [-0.25, -0.2) is 0 Å². The highest BCUT2D eigenvalue weighted by molar-refractivity contribution is 7.24. The zero-order chi connectivity index (χ0) is 42.0. The van der Waals surface area contributed by atoms with E-state index < -0.39 is 13.5 Å². The highest BCUT2D eigenvalue weighted by atomic mass is 28.3. The van der Waals surface area contributed by atoms with Crippen molar-refractivity contribution in [1.29, 1.82) is 0 Å². The van der Waals surface area contributed by atoms with Crippen molar-refractivity contribution in [3.8, 4) is 33.4 Å². The molecule has 0 saturated heterocycles. The molecule has 0 N–H and O–H groups in total. The van der Waals surface area contributed by atoms with Gasteiger partial charge in [-0.2, -0.15) is 0 Å². The van der Waals surface area contributed by atoms with Crippen molar-refractivity contribution in [3.05, 3.63) is 245 Å². The van der Waals surface area contributed by atoms with Crippen LogP contribution >= 0.6 is 0 Å². The minimum absolute atomic E-state index is 0.172. The van der Waals surface area contributed by atoms with Crippen molar-refractivity contribution in [3.63, 3.8) is 0 Å². The number of para-hydroxylation sites is 1. The minimum Gasteiger partial charge on any atom is -0.310 e. The average molecular weight is 820 g/mol. The van der Waals surface area contributed by atoms with Crippen LogP contribution in [0.1, 0.15) is 72.2 Å². The molecule has 1 nitrogen and oxygen atoms in total. The molecule has 0 saturated carbocycles. The summed E-state index contributed by atoms with van der Waals surface area (Å²) < 4.78 is 0. The van der Waals surface area contributed by atoms with Gasteiger partial charge in [0.15, 0.2) is 8.07 Å². The lowest BCUT2D eigenvalue weighted by molar-refractivity contribution is 0.556. The van der Waals surface area contributed by atoms with Crippen LogP contribution in [0.15, 0.2) is 200 Å². The molecule has 9 aromatic carbocycles. The molecule has 63 heavy (non-hydrogen) atoms. The molecule has 9 aromatic rings. The van der Waals surface area contributed by atoms with Crippen LogP contribution in [0.3, 0.4) is 0 Å². The minimum atomic E-state index is -2.69. The van der Waals surface area contributed by atoms with Gasteiger partial charge in [0.05, 0.1) is 16.8 Å². The first-order valence-corrected chi connectivity index (χ1v) is 24.6. The van der Waals surface area contributed by atoms with E-state index in [1.54, 1.807) is 0 Å². The topological polar surface area (TPSA) is 3.24 Å². The summed E-state index contributed by atoms with van der Waals surface area (Å²) in [7, 11) is -2.69. The van der Waals surface area contributed by atoms with Crippen LogP contribution < -0.4 is 25.6 Å². The van der Waals surface area contributed by atoms with Crippen LogP contribution in [0, 0.1) is 0 Å². The van der Waals surface area contributed by atoms with E-state index in [1.807, 2.05) is 0 Å². The van der Waals surface area contributed by atoms with Crippen molar-refractivity contribution < 1.29 is 0 Å². The Bertz CT molecular complexity index is 3380. The van der Waals surface area contributed by atoms with Crippen LogP contribution in [0.2, 0.25) is 0 Å². The van der Waals surface area contributed by atoms with E-state index in [0.717, 1.165) is 0 Å². The van der Waals surface area contributed by atoms with Crippen LogP contribution in [0.25, 0.3) is 33.4 Å². The van der Waals surface area contributed by atoms with Crippen molar-refractivity contribution in [2.75, 3.05) is 4.90 Å². The van der Waals surface area contributed by atoms with Crippen LogP contribution in [-0.2, 0) is 16.2 Å². The largest absolute Gasteiger partial charge is 0.310 e. The molecule has 0 fully saturated rings. The molecule has 0 radical (unpaired) electrons. The standard InChI is InChI=1S/C61H45NSi/c1-59(2)45-23-9-5-19-39(45)44-36-52-54(37-51(44)59)62(53-29-15-14-28-50(53)61(52)48-26-12-10-24-46(48)60(3,4)47-25-11-13-27-49(47)61)38-33-34-43-42-22-8-18-32-57(42)63(58(43)35-38)55-30-16-6-20-40(55)41-21-7-17-31-56(41)63/h5-37H,1-4H3. The Kier molecular flexibility index (Phi) is 6.73. The third-order valence-electron chi connectivity index (χ3n) is 16.1. The lowest BCUT2D eigenvalue weighted by Crippen LogP contribution is -2.70. The maximum Gasteiger partial charge on any atom is 0.182 e. The molecule has 0 unspecified atom stereocenters. The second-order valence-electron chi connectivity index (χ2n) is 19.5. The molecule has 0 bridgehead atoms. The molecule has 3 aliphatic heterocycles. The number of hydrogen-bond acceptors (Lipinski definition) is 1. The molecule has 0 amide bonds. The average Bonchev–Trinajstić information content (AvgIpc) is 3.88. The molecule has 2 heteroatoms. The predicted molar refractivity (Wildman–Crippen MR) is 264 cm³/mol. The van der Waals surface area contributed by atoms with Gasteiger partial charge in [0.1, 0.15) is 0 Å². The molecule has 2 spiro atoms. The van der Waals surface area contributed by atoms with Gasteiger partial charge in [0.2, 0.25) is 0 Å². The van der Waals surface area contributed by atoms with Crippen molar-refractivity contribution in [1.82, 2.24) is 0 Å². The Morgan fingerprint density at radius 3 is 1.33 bits per heavy atom. The molecule has 3 heterocycles. The fourth-order valence-corrected chi connectivity index (χ4v) is 19.2. The van der Waals surface area contributed by atoms with E-state index >= 15 is 0 Å². The van der Waals surface area contributed by atoms with E-state index in [4.69, 9.17) is 0 Å². The Morgan fingerprint density at radius 2 is 0.746 bits per heavy atom. The first-order chi connectivity index (χ1) is 30.8. The Hall–Kier alpha value is -7.00. The lowest BCUT2D eigenvalue weighted by Gasteiger charge is -2.52. The zero-order valence-electron chi connectivity index (χ0n) is 36.0. The van der Waals surface area contributed by atoms with Crippen molar-refractivity contribution in [2.24, 2.45) is 0 Å². The summed E-state index contributed by atoms with van der Waals surface area (Å²) in [6.45, 7) is 9.68. The molecule has 298 valence electrons. The summed E-state index contributed by atoms with van der Waals surface area (Å²) in [5.41, 5.74) is 22.0. The van der Waals surface area contributed by atoms with Crippen molar-refractivity contribution in [2.45, 2.75) is 43.9 Å². The number of rotatable bonds is 1. The van der Waals surface area contributed by atoms with Crippen LogP contribution in [-0.4, -0.2) is 8.07 Å². The monoisotopic (exact) mass is 819 g/mol. The first kappa shape index (κ1) is 35.6. The summed E-state index contributed by atoms with van der Waals surface area (Å²) in [6, 6.07) is 77.8. The third-order valence-corrected chi connectivity index (χ3v) is 21.1. The van der Waals surface area contributed by atoms with Crippen LogP contribution in [0.4, 0.5) is 17.1 Å². The fraction of sp³-hybridized carbons (Fsp3) is 0.115. The fourth-order valence-electron chi connectivity index (χ4n) is 13.6. The molecule has 5 aliphatic rings. The molecule has 2 aliphatic carbocycles. The van der Waals surface area contributed by atoms with Gasteiger partial charge in [-0.1, -0.05) is 198 Å². The second-order valence-corrected chi connectivity index (χ2v) is 23.2. The highest BCUT2D eigenvalue weighted by Crippen LogP contribution is 2.65.